The fourth-order valence-corrected chi connectivity index (χ4v) is 5.66. The molecule has 1 N–H and O–H groups in total. The van der Waals surface area contributed by atoms with Gasteiger partial charge in [-0.2, -0.15) is 0 Å². The quantitative estimate of drug-likeness (QED) is 0.573. The van der Waals surface area contributed by atoms with E-state index in [0.29, 0.717) is 17.7 Å². The Balaban J connectivity index is 1.88. The molecule has 0 aliphatic rings. The Morgan fingerprint density at radius 2 is 1.61 bits per heavy atom. The highest BCUT2D eigenvalue weighted by Gasteiger charge is 2.23. The van der Waals surface area contributed by atoms with E-state index in [-0.39, 0.29) is 30.4 Å². The van der Waals surface area contributed by atoms with Crippen LogP contribution in [0, 0.1) is 34.6 Å². The standard InChI is InChI=1S/C22H30N2O5S2/c1-14-15(2)17(4)22(18(5)16(14)3)31(27,28)23-10-9-21(26)29-13-20(25)24(6)12-19-8-7-11-30-19/h7-8,11,23H,9-10,12-13H2,1-6H3. The largest absolute Gasteiger partial charge is 0.456 e. The highest BCUT2D eigenvalue weighted by molar-refractivity contribution is 7.89. The molecule has 9 heteroatoms. The molecule has 1 aromatic carbocycles. The van der Waals surface area contributed by atoms with Crippen LogP contribution < -0.4 is 4.72 Å². The van der Waals surface area contributed by atoms with Crippen molar-refractivity contribution < 1.29 is 22.7 Å². The zero-order valence-corrected chi connectivity index (χ0v) is 20.5. The number of carbonyl (C=O) groups is 2. The molecule has 2 rings (SSSR count). The lowest BCUT2D eigenvalue weighted by atomic mass is 9.95. The Bertz CT molecular complexity index is 1030. The molecule has 1 aromatic heterocycles. The monoisotopic (exact) mass is 466 g/mol. The van der Waals surface area contributed by atoms with E-state index in [9.17, 15) is 18.0 Å². The van der Waals surface area contributed by atoms with Gasteiger partial charge in [-0.1, -0.05) is 6.07 Å². The van der Waals surface area contributed by atoms with Crippen LogP contribution >= 0.6 is 11.3 Å². The third-order valence-corrected chi connectivity index (χ3v) is 8.17. The number of rotatable bonds is 9. The summed E-state index contributed by atoms with van der Waals surface area (Å²) < 4.78 is 33.2. The van der Waals surface area contributed by atoms with E-state index in [2.05, 4.69) is 4.72 Å². The van der Waals surface area contributed by atoms with Gasteiger partial charge < -0.3 is 9.64 Å². The molecule has 0 fully saturated rings. The van der Waals surface area contributed by atoms with E-state index in [0.717, 1.165) is 21.6 Å². The van der Waals surface area contributed by atoms with Crippen LogP contribution in [-0.4, -0.2) is 45.4 Å². The molecular formula is C22H30N2O5S2. The molecule has 31 heavy (non-hydrogen) atoms. The van der Waals surface area contributed by atoms with Crippen molar-refractivity contribution in [2.24, 2.45) is 0 Å². The van der Waals surface area contributed by atoms with Crippen LogP contribution in [0.25, 0.3) is 0 Å². The number of sulfonamides is 1. The maximum absolute atomic E-state index is 12.9. The maximum Gasteiger partial charge on any atom is 0.307 e. The molecule has 2 aromatic rings. The predicted molar refractivity (Wildman–Crippen MR) is 122 cm³/mol. The number of likely N-dealkylation sites (N-methyl/N-ethyl adjacent to an activating group) is 1. The van der Waals surface area contributed by atoms with Gasteiger partial charge in [-0.25, -0.2) is 13.1 Å². The second-order valence-electron chi connectivity index (χ2n) is 7.59. The van der Waals surface area contributed by atoms with Gasteiger partial charge >= 0.3 is 5.97 Å². The van der Waals surface area contributed by atoms with E-state index >= 15 is 0 Å². The number of ether oxygens (including phenoxy) is 1. The van der Waals surface area contributed by atoms with E-state index in [1.807, 2.05) is 38.3 Å². The molecule has 1 amide bonds. The average Bonchev–Trinajstić information content (AvgIpc) is 3.21. The van der Waals surface area contributed by atoms with E-state index in [1.165, 1.54) is 4.90 Å². The number of benzene rings is 1. The number of esters is 1. The Morgan fingerprint density at radius 3 is 2.16 bits per heavy atom. The molecule has 0 saturated carbocycles. The van der Waals surface area contributed by atoms with Crippen LogP contribution in [0.4, 0.5) is 0 Å². The summed E-state index contributed by atoms with van der Waals surface area (Å²) >= 11 is 1.54. The average molecular weight is 467 g/mol. The molecule has 0 aliphatic heterocycles. The Hall–Kier alpha value is -2.23. The lowest BCUT2D eigenvalue weighted by Crippen LogP contribution is -2.32. The molecule has 0 atom stereocenters. The second kappa shape index (κ2) is 10.4. The van der Waals surface area contributed by atoms with Crippen molar-refractivity contribution in [3.63, 3.8) is 0 Å². The van der Waals surface area contributed by atoms with Crippen molar-refractivity contribution in [3.05, 3.63) is 50.2 Å². The van der Waals surface area contributed by atoms with Gasteiger partial charge in [0.2, 0.25) is 10.0 Å². The van der Waals surface area contributed by atoms with Crippen molar-refractivity contribution >= 4 is 33.2 Å². The molecule has 0 bridgehead atoms. The van der Waals surface area contributed by atoms with Gasteiger partial charge in [-0.3, -0.25) is 9.59 Å². The Morgan fingerprint density at radius 1 is 1.03 bits per heavy atom. The fourth-order valence-electron chi connectivity index (χ4n) is 3.28. The van der Waals surface area contributed by atoms with Crippen molar-refractivity contribution in [3.8, 4) is 0 Å². The van der Waals surface area contributed by atoms with Crippen LogP contribution in [0.15, 0.2) is 22.4 Å². The number of amides is 1. The second-order valence-corrected chi connectivity index (χ2v) is 10.3. The first-order valence-corrected chi connectivity index (χ1v) is 12.3. The molecule has 7 nitrogen and oxygen atoms in total. The molecule has 0 aliphatic carbocycles. The number of hydrogen-bond acceptors (Lipinski definition) is 6. The normalized spacial score (nSPS) is 11.4. The summed E-state index contributed by atoms with van der Waals surface area (Å²) in [6.45, 7) is 9.32. The van der Waals surface area contributed by atoms with Gasteiger partial charge in [-0.05, 0) is 73.9 Å². The summed E-state index contributed by atoms with van der Waals surface area (Å²) in [5, 5.41) is 1.93. The van der Waals surface area contributed by atoms with E-state index in [1.54, 1.807) is 32.2 Å². The number of hydrogen-bond donors (Lipinski definition) is 1. The lowest BCUT2D eigenvalue weighted by molar-refractivity contribution is -0.151. The van der Waals surface area contributed by atoms with Crippen LogP contribution in [0.3, 0.4) is 0 Å². The van der Waals surface area contributed by atoms with Crippen LogP contribution in [0.5, 0.6) is 0 Å². The van der Waals surface area contributed by atoms with E-state index in [4.69, 9.17) is 4.74 Å². The van der Waals surface area contributed by atoms with Gasteiger partial charge in [0, 0.05) is 18.5 Å². The van der Waals surface area contributed by atoms with Crippen molar-refractivity contribution in [2.45, 2.75) is 52.5 Å². The summed E-state index contributed by atoms with van der Waals surface area (Å²) in [5.74, 6) is -0.954. The highest BCUT2D eigenvalue weighted by atomic mass is 32.2. The molecule has 1 heterocycles. The number of thiophene rings is 1. The molecule has 170 valence electrons. The third kappa shape index (κ3) is 6.15. The van der Waals surface area contributed by atoms with Crippen LogP contribution in [-0.2, 0) is 30.9 Å². The van der Waals surface area contributed by atoms with Gasteiger partial charge in [0.1, 0.15) is 0 Å². The summed E-state index contributed by atoms with van der Waals surface area (Å²) in [5.41, 5.74) is 4.36. The first-order chi connectivity index (χ1) is 14.5. The van der Waals surface area contributed by atoms with Crippen LogP contribution in [0.1, 0.15) is 39.1 Å². The molecular weight excluding hydrogens is 436 g/mol. The first kappa shape index (κ1) is 25.0. The number of carbonyl (C=O) groups excluding carboxylic acids is 2. The SMILES string of the molecule is Cc1c(C)c(C)c(S(=O)(=O)NCCC(=O)OCC(=O)N(C)Cc2cccs2)c(C)c1C. The first-order valence-electron chi connectivity index (χ1n) is 9.94. The molecule has 0 unspecified atom stereocenters. The summed E-state index contributed by atoms with van der Waals surface area (Å²) in [4.78, 5) is 26.8. The molecule has 0 saturated heterocycles. The zero-order chi connectivity index (χ0) is 23.3. The van der Waals surface area contributed by atoms with Crippen LogP contribution in [0.2, 0.25) is 0 Å². The number of nitrogens with one attached hydrogen (secondary N) is 1. The van der Waals surface area contributed by atoms with Gasteiger partial charge in [0.25, 0.3) is 5.91 Å². The van der Waals surface area contributed by atoms with Crippen molar-refractivity contribution in [2.75, 3.05) is 20.2 Å². The van der Waals surface area contributed by atoms with E-state index < -0.39 is 16.0 Å². The molecule has 0 radical (unpaired) electrons. The minimum atomic E-state index is -3.78. The topological polar surface area (TPSA) is 92.8 Å². The smallest absolute Gasteiger partial charge is 0.307 e. The Labute approximate surface area is 188 Å². The van der Waals surface area contributed by atoms with Crippen molar-refractivity contribution in [1.82, 2.24) is 9.62 Å². The lowest BCUT2D eigenvalue weighted by Gasteiger charge is -2.19. The van der Waals surface area contributed by atoms with Crippen molar-refractivity contribution in [1.29, 1.82) is 0 Å². The summed E-state index contributed by atoms with van der Waals surface area (Å²) in [6.07, 6.45) is -0.164. The Kier molecular flexibility index (Phi) is 8.39. The fraction of sp³-hybridized carbons (Fsp3) is 0.455. The van der Waals surface area contributed by atoms with Gasteiger partial charge in [0.15, 0.2) is 6.61 Å². The maximum atomic E-state index is 12.9. The number of nitrogens with zero attached hydrogens (tertiary/aromatic N) is 1. The summed E-state index contributed by atoms with van der Waals surface area (Å²) in [6, 6.07) is 3.83. The third-order valence-electron chi connectivity index (χ3n) is 5.58. The highest BCUT2D eigenvalue weighted by Crippen LogP contribution is 2.29. The predicted octanol–water partition coefficient (Wildman–Crippen LogP) is 3.16. The minimum Gasteiger partial charge on any atom is -0.456 e. The minimum absolute atomic E-state index is 0.106. The van der Waals surface area contributed by atoms with Gasteiger partial charge in [-0.15, -0.1) is 11.3 Å². The molecule has 0 spiro atoms. The van der Waals surface area contributed by atoms with Gasteiger partial charge in [0.05, 0.1) is 17.9 Å². The summed E-state index contributed by atoms with van der Waals surface area (Å²) in [7, 11) is -2.15. The zero-order valence-electron chi connectivity index (χ0n) is 18.9.